The molecule has 0 unspecified atom stereocenters. The van der Waals surface area contributed by atoms with Crippen LogP contribution in [0.3, 0.4) is 0 Å². The molecule has 0 saturated heterocycles. The quantitative estimate of drug-likeness (QED) is 0.771. The number of nitrogens with zero attached hydrogens (tertiary/aromatic N) is 3. The largest absolute Gasteiger partial charge is 0.478 e. The Balaban J connectivity index is 2.33. The molecule has 23 heavy (non-hydrogen) atoms. The van der Waals surface area contributed by atoms with E-state index in [-0.39, 0.29) is 33.4 Å². The van der Waals surface area contributed by atoms with Crippen LogP contribution >= 0.6 is 22.9 Å². The number of aromatic nitrogens is 3. The predicted molar refractivity (Wildman–Crippen MR) is 85.2 cm³/mol. The molecule has 0 spiro atoms. The van der Waals surface area contributed by atoms with E-state index in [1.54, 1.807) is 18.5 Å². The highest BCUT2D eigenvalue weighted by Crippen LogP contribution is 2.33. The molecule has 0 atom stereocenters. The lowest BCUT2D eigenvalue weighted by Gasteiger charge is -2.11. The van der Waals surface area contributed by atoms with E-state index in [9.17, 15) is 14.3 Å². The molecule has 0 bridgehead atoms. The van der Waals surface area contributed by atoms with Gasteiger partial charge in [0.05, 0.1) is 16.4 Å². The van der Waals surface area contributed by atoms with Gasteiger partial charge in [-0.05, 0) is 13.0 Å². The molecule has 2 heterocycles. The van der Waals surface area contributed by atoms with Crippen LogP contribution in [0.1, 0.15) is 16.1 Å². The molecule has 116 valence electrons. The van der Waals surface area contributed by atoms with Crippen LogP contribution in [0, 0.1) is 12.7 Å². The molecule has 2 aromatic heterocycles. The summed E-state index contributed by atoms with van der Waals surface area (Å²) in [6.45, 7) is 1.55. The predicted octanol–water partition coefficient (Wildman–Crippen LogP) is 4.07. The Kier molecular flexibility index (Phi) is 4.06. The fourth-order valence-corrected chi connectivity index (χ4v) is 2.92. The van der Waals surface area contributed by atoms with Crippen LogP contribution in [0.5, 0.6) is 0 Å². The highest BCUT2D eigenvalue weighted by Gasteiger charge is 2.23. The topological polar surface area (TPSA) is 76.0 Å². The molecule has 3 rings (SSSR count). The lowest BCUT2D eigenvalue weighted by Crippen LogP contribution is -2.09. The minimum absolute atomic E-state index is 0.0692. The minimum Gasteiger partial charge on any atom is -0.478 e. The standard InChI is InChI=1S/C15H9ClFN3O2S/c1-7-10(15(21)22)12(8-3-2-4-9(17)11(8)16)20-13(19-7)14-18-5-6-23-14/h2-6H,1H3,(H,21,22). The Morgan fingerprint density at radius 1 is 1.35 bits per heavy atom. The summed E-state index contributed by atoms with van der Waals surface area (Å²) < 4.78 is 13.7. The monoisotopic (exact) mass is 349 g/mol. The molecule has 0 aliphatic carbocycles. The van der Waals surface area contributed by atoms with Gasteiger partial charge < -0.3 is 5.11 Å². The van der Waals surface area contributed by atoms with Crippen molar-refractivity contribution in [1.29, 1.82) is 0 Å². The highest BCUT2D eigenvalue weighted by atomic mass is 35.5. The smallest absolute Gasteiger partial charge is 0.339 e. The molecule has 5 nitrogen and oxygen atoms in total. The Bertz CT molecular complexity index is 900. The van der Waals surface area contributed by atoms with Gasteiger partial charge in [0.25, 0.3) is 0 Å². The zero-order valence-electron chi connectivity index (χ0n) is 11.7. The van der Waals surface area contributed by atoms with Crippen LogP contribution in [0.4, 0.5) is 4.39 Å². The molecular formula is C15H9ClFN3O2S. The maximum atomic E-state index is 13.7. The number of carboxylic acid groups (broad SMARTS) is 1. The van der Waals surface area contributed by atoms with E-state index in [2.05, 4.69) is 15.0 Å². The van der Waals surface area contributed by atoms with E-state index in [0.29, 0.717) is 5.01 Å². The zero-order valence-corrected chi connectivity index (χ0v) is 13.3. The number of hydrogen-bond donors (Lipinski definition) is 1. The summed E-state index contributed by atoms with van der Waals surface area (Å²) in [5, 5.41) is 11.6. The van der Waals surface area contributed by atoms with E-state index in [1.165, 1.54) is 29.5 Å². The maximum absolute atomic E-state index is 13.7. The van der Waals surface area contributed by atoms with Crippen molar-refractivity contribution >= 4 is 28.9 Å². The third-order valence-corrected chi connectivity index (χ3v) is 4.29. The third-order valence-electron chi connectivity index (χ3n) is 3.13. The summed E-state index contributed by atoms with van der Waals surface area (Å²) in [6.07, 6.45) is 1.60. The number of hydrogen-bond acceptors (Lipinski definition) is 5. The number of carboxylic acids is 1. The molecule has 0 radical (unpaired) electrons. The first kappa shape index (κ1) is 15.5. The summed E-state index contributed by atoms with van der Waals surface area (Å²) in [6, 6.07) is 4.16. The number of carbonyl (C=O) groups is 1. The van der Waals surface area contributed by atoms with Crippen molar-refractivity contribution in [3.8, 4) is 22.1 Å². The van der Waals surface area contributed by atoms with Crippen molar-refractivity contribution in [1.82, 2.24) is 15.0 Å². The molecule has 8 heteroatoms. The van der Waals surface area contributed by atoms with E-state index in [0.717, 1.165) is 0 Å². The number of aromatic carboxylic acids is 1. The summed E-state index contributed by atoms with van der Waals surface area (Å²) >= 11 is 7.31. The first-order valence-electron chi connectivity index (χ1n) is 6.45. The van der Waals surface area contributed by atoms with Crippen LogP contribution < -0.4 is 0 Å². The average molecular weight is 350 g/mol. The summed E-state index contributed by atoms with van der Waals surface area (Å²) in [7, 11) is 0. The SMILES string of the molecule is Cc1nc(-c2nccs2)nc(-c2cccc(F)c2Cl)c1C(=O)O. The van der Waals surface area contributed by atoms with E-state index >= 15 is 0 Å². The van der Waals surface area contributed by atoms with Crippen molar-refractivity contribution in [2.75, 3.05) is 0 Å². The van der Waals surface area contributed by atoms with Crippen LogP contribution in [-0.4, -0.2) is 26.0 Å². The van der Waals surface area contributed by atoms with Gasteiger partial charge in [-0.2, -0.15) is 0 Å². The summed E-state index contributed by atoms with van der Waals surface area (Å²) in [5.74, 6) is -1.58. The fraction of sp³-hybridized carbons (Fsp3) is 0.0667. The van der Waals surface area contributed by atoms with Crippen molar-refractivity contribution in [3.05, 3.63) is 51.9 Å². The van der Waals surface area contributed by atoms with Crippen LogP contribution in [0.2, 0.25) is 5.02 Å². The Labute approximate surface area is 139 Å². The van der Waals surface area contributed by atoms with Gasteiger partial charge in [0.1, 0.15) is 11.4 Å². The first-order chi connectivity index (χ1) is 11.0. The van der Waals surface area contributed by atoms with Gasteiger partial charge in [-0.3, -0.25) is 0 Å². The van der Waals surface area contributed by atoms with Gasteiger partial charge in [-0.25, -0.2) is 24.1 Å². The summed E-state index contributed by atoms with van der Waals surface area (Å²) in [5.41, 5.74) is 0.415. The van der Waals surface area contributed by atoms with Crippen LogP contribution in [0.25, 0.3) is 22.1 Å². The van der Waals surface area contributed by atoms with E-state index < -0.39 is 11.8 Å². The highest BCUT2D eigenvalue weighted by molar-refractivity contribution is 7.13. The Hall–Kier alpha value is -2.38. The first-order valence-corrected chi connectivity index (χ1v) is 7.71. The number of aryl methyl sites for hydroxylation is 1. The second kappa shape index (κ2) is 6.02. The van der Waals surface area contributed by atoms with Gasteiger partial charge in [0.15, 0.2) is 10.8 Å². The van der Waals surface area contributed by atoms with Gasteiger partial charge in [0.2, 0.25) is 0 Å². The van der Waals surface area contributed by atoms with Gasteiger partial charge in [0, 0.05) is 17.1 Å². The van der Waals surface area contributed by atoms with Gasteiger partial charge in [-0.15, -0.1) is 11.3 Å². The number of halogens is 2. The molecule has 0 saturated carbocycles. The molecule has 0 fully saturated rings. The molecule has 0 aliphatic rings. The maximum Gasteiger partial charge on any atom is 0.339 e. The molecule has 1 aromatic carbocycles. The lowest BCUT2D eigenvalue weighted by molar-refractivity contribution is 0.0696. The second-order valence-electron chi connectivity index (χ2n) is 4.60. The number of rotatable bonds is 3. The average Bonchev–Trinajstić information content (AvgIpc) is 3.03. The molecular weight excluding hydrogens is 341 g/mol. The normalized spacial score (nSPS) is 10.7. The Morgan fingerprint density at radius 2 is 2.13 bits per heavy atom. The summed E-state index contributed by atoms with van der Waals surface area (Å²) in [4.78, 5) is 24.2. The molecule has 0 aliphatic heterocycles. The van der Waals surface area contributed by atoms with Crippen molar-refractivity contribution in [2.45, 2.75) is 6.92 Å². The van der Waals surface area contributed by atoms with Crippen molar-refractivity contribution in [2.24, 2.45) is 0 Å². The van der Waals surface area contributed by atoms with Crippen LogP contribution in [0.15, 0.2) is 29.8 Å². The minimum atomic E-state index is -1.21. The van der Waals surface area contributed by atoms with Crippen LogP contribution in [-0.2, 0) is 0 Å². The molecule has 0 amide bonds. The van der Waals surface area contributed by atoms with Crippen molar-refractivity contribution in [3.63, 3.8) is 0 Å². The number of thiazole rings is 1. The number of benzene rings is 1. The molecule has 3 aromatic rings. The van der Waals surface area contributed by atoms with Gasteiger partial charge in [-0.1, -0.05) is 23.7 Å². The van der Waals surface area contributed by atoms with Gasteiger partial charge >= 0.3 is 5.97 Å². The zero-order chi connectivity index (χ0) is 16.6. The Morgan fingerprint density at radius 3 is 2.78 bits per heavy atom. The second-order valence-corrected chi connectivity index (χ2v) is 5.87. The fourth-order valence-electron chi connectivity index (χ4n) is 2.14. The van der Waals surface area contributed by atoms with E-state index in [1.807, 2.05) is 0 Å². The lowest BCUT2D eigenvalue weighted by atomic mass is 10.0. The third kappa shape index (κ3) is 2.80. The molecule has 1 N–H and O–H groups in total. The van der Waals surface area contributed by atoms with E-state index in [4.69, 9.17) is 11.6 Å². The van der Waals surface area contributed by atoms with Crippen molar-refractivity contribution < 1.29 is 14.3 Å².